The van der Waals surface area contributed by atoms with Gasteiger partial charge in [-0.2, -0.15) is 5.10 Å². The van der Waals surface area contributed by atoms with Crippen LogP contribution in [-0.4, -0.2) is 22.4 Å². The van der Waals surface area contributed by atoms with Crippen LogP contribution in [0.5, 0.6) is 0 Å². The molecule has 1 aromatic rings. The van der Waals surface area contributed by atoms with E-state index in [1.807, 2.05) is 18.7 Å². The van der Waals surface area contributed by atoms with Crippen LogP contribution >= 0.6 is 11.6 Å². The average Bonchev–Trinajstić information content (AvgIpc) is 2.56. The highest BCUT2D eigenvalue weighted by Gasteiger charge is 2.18. The first-order valence-corrected chi connectivity index (χ1v) is 7.28. The molecule has 104 valence electrons. The van der Waals surface area contributed by atoms with Crippen LogP contribution in [0.3, 0.4) is 0 Å². The second-order valence-electron chi connectivity index (χ2n) is 5.18. The molecule has 1 rings (SSSR count). The van der Waals surface area contributed by atoms with Crippen molar-refractivity contribution >= 4 is 11.6 Å². The van der Waals surface area contributed by atoms with Crippen LogP contribution in [0.15, 0.2) is 0 Å². The van der Waals surface area contributed by atoms with Gasteiger partial charge in [0.15, 0.2) is 0 Å². The van der Waals surface area contributed by atoms with E-state index in [4.69, 9.17) is 11.6 Å². The smallest absolute Gasteiger partial charge is 0.0847 e. The summed E-state index contributed by atoms with van der Waals surface area (Å²) in [5.41, 5.74) is 2.07. The lowest BCUT2D eigenvalue weighted by molar-refractivity contribution is 0.391. The van der Waals surface area contributed by atoms with E-state index in [1.54, 1.807) is 0 Å². The minimum atomic E-state index is 0.484. The van der Waals surface area contributed by atoms with Gasteiger partial charge >= 0.3 is 0 Å². The molecule has 4 heteroatoms. The predicted octanol–water partition coefficient (Wildman–Crippen LogP) is 3.34. The van der Waals surface area contributed by atoms with Gasteiger partial charge in [-0.25, -0.2) is 0 Å². The molecule has 0 aliphatic rings. The van der Waals surface area contributed by atoms with Gasteiger partial charge in [0.25, 0.3) is 0 Å². The quantitative estimate of drug-likeness (QED) is 0.824. The van der Waals surface area contributed by atoms with Crippen molar-refractivity contribution in [3.8, 4) is 0 Å². The lowest BCUT2D eigenvalue weighted by atomic mass is 9.96. The molecular weight excluding hydrogens is 246 g/mol. The second kappa shape index (κ2) is 7.15. The molecule has 1 N–H and O–H groups in total. The van der Waals surface area contributed by atoms with E-state index in [9.17, 15) is 0 Å². The summed E-state index contributed by atoms with van der Waals surface area (Å²) in [5.74, 6) is 0.738. The van der Waals surface area contributed by atoms with Crippen LogP contribution in [0.2, 0.25) is 5.02 Å². The number of hydrogen-bond donors (Lipinski definition) is 1. The summed E-state index contributed by atoms with van der Waals surface area (Å²) < 4.78 is 1.92. The van der Waals surface area contributed by atoms with Crippen molar-refractivity contribution in [1.29, 1.82) is 0 Å². The molecule has 2 unspecified atom stereocenters. The Kier molecular flexibility index (Phi) is 6.16. The summed E-state index contributed by atoms with van der Waals surface area (Å²) >= 11 is 6.32. The molecule has 0 aliphatic carbocycles. The molecular formula is C14H26ClN3. The Balaban J connectivity index is 2.76. The van der Waals surface area contributed by atoms with E-state index in [1.165, 1.54) is 12.8 Å². The highest BCUT2D eigenvalue weighted by atomic mass is 35.5. The summed E-state index contributed by atoms with van der Waals surface area (Å²) in [6, 6.07) is 0.484. The fourth-order valence-corrected chi connectivity index (χ4v) is 2.55. The largest absolute Gasteiger partial charge is 0.314 e. The topological polar surface area (TPSA) is 29.9 Å². The number of halogens is 1. The number of nitrogens with zero attached hydrogens (tertiary/aromatic N) is 2. The first-order chi connectivity index (χ1) is 8.49. The van der Waals surface area contributed by atoms with Crippen molar-refractivity contribution in [3.63, 3.8) is 0 Å². The number of aromatic nitrogens is 2. The van der Waals surface area contributed by atoms with Crippen LogP contribution in [0, 0.1) is 12.8 Å². The molecule has 2 atom stereocenters. The van der Waals surface area contributed by atoms with Crippen LogP contribution in [0.25, 0.3) is 0 Å². The zero-order valence-corrected chi connectivity index (χ0v) is 13.0. The first kappa shape index (κ1) is 15.5. The van der Waals surface area contributed by atoms with Crippen LogP contribution in [0.1, 0.15) is 45.0 Å². The van der Waals surface area contributed by atoms with Crippen molar-refractivity contribution in [1.82, 2.24) is 15.1 Å². The van der Waals surface area contributed by atoms with Crippen molar-refractivity contribution in [2.75, 3.05) is 6.54 Å². The molecule has 0 aliphatic heterocycles. The van der Waals surface area contributed by atoms with Gasteiger partial charge in [0.2, 0.25) is 0 Å². The van der Waals surface area contributed by atoms with Gasteiger partial charge in [-0.15, -0.1) is 0 Å². The van der Waals surface area contributed by atoms with Gasteiger partial charge in [0, 0.05) is 19.5 Å². The van der Waals surface area contributed by atoms with Crippen LogP contribution < -0.4 is 5.32 Å². The fourth-order valence-electron chi connectivity index (χ4n) is 2.32. The molecule has 0 saturated carbocycles. The Bertz CT molecular complexity index is 373. The van der Waals surface area contributed by atoms with Crippen molar-refractivity contribution in [2.45, 2.75) is 53.0 Å². The van der Waals surface area contributed by atoms with E-state index in [-0.39, 0.29) is 0 Å². The van der Waals surface area contributed by atoms with Crippen LogP contribution in [-0.2, 0) is 13.5 Å². The van der Waals surface area contributed by atoms with E-state index in [2.05, 4.69) is 31.2 Å². The Hall–Kier alpha value is -0.540. The SMILES string of the molecule is CCNC(Cc1c(Cl)c(C)nn1C)CC(C)CC. The molecule has 18 heavy (non-hydrogen) atoms. The van der Waals surface area contributed by atoms with Gasteiger partial charge in [-0.1, -0.05) is 38.8 Å². The molecule has 0 aromatic carbocycles. The van der Waals surface area contributed by atoms with Gasteiger partial charge < -0.3 is 5.32 Å². The Morgan fingerprint density at radius 3 is 2.50 bits per heavy atom. The van der Waals surface area contributed by atoms with Crippen LogP contribution in [0.4, 0.5) is 0 Å². The number of rotatable bonds is 7. The Morgan fingerprint density at radius 2 is 2.06 bits per heavy atom. The summed E-state index contributed by atoms with van der Waals surface area (Å²) in [4.78, 5) is 0. The second-order valence-corrected chi connectivity index (χ2v) is 5.56. The Labute approximate surface area is 116 Å². The highest BCUT2D eigenvalue weighted by molar-refractivity contribution is 6.31. The summed E-state index contributed by atoms with van der Waals surface area (Å²) in [6.45, 7) is 9.66. The molecule has 0 amide bonds. The van der Waals surface area contributed by atoms with Gasteiger partial charge in [-0.05, 0) is 25.8 Å². The van der Waals surface area contributed by atoms with Crippen molar-refractivity contribution < 1.29 is 0 Å². The first-order valence-electron chi connectivity index (χ1n) is 6.90. The molecule has 0 saturated heterocycles. The summed E-state index contributed by atoms with van der Waals surface area (Å²) in [6.07, 6.45) is 3.36. The monoisotopic (exact) mass is 271 g/mol. The number of aryl methyl sites for hydroxylation is 2. The highest BCUT2D eigenvalue weighted by Crippen LogP contribution is 2.22. The van der Waals surface area contributed by atoms with Gasteiger partial charge in [-0.3, -0.25) is 4.68 Å². The lowest BCUT2D eigenvalue weighted by Gasteiger charge is -2.21. The third-order valence-corrected chi connectivity index (χ3v) is 4.07. The number of nitrogens with one attached hydrogen (secondary N) is 1. The minimum absolute atomic E-state index is 0.484. The zero-order valence-electron chi connectivity index (χ0n) is 12.3. The van der Waals surface area contributed by atoms with E-state index in [0.29, 0.717) is 6.04 Å². The maximum atomic E-state index is 6.32. The molecule has 0 spiro atoms. The summed E-state index contributed by atoms with van der Waals surface area (Å²) in [5, 5.41) is 8.76. The van der Waals surface area contributed by atoms with E-state index < -0.39 is 0 Å². The van der Waals surface area contributed by atoms with Crippen molar-refractivity contribution in [2.24, 2.45) is 13.0 Å². The molecule has 0 bridgehead atoms. The Morgan fingerprint density at radius 1 is 1.39 bits per heavy atom. The third kappa shape index (κ3) is 3.99. The standard InChI is InChI=1S/C14H26ClN3/c1-6-10(3)8-12(16-7-2)9-13-14(15)11(4)17-18(13)5/h10,12,16H,6-9H2,1-5H3. The molecule has 1 aromatic heterocycles. The predicted molar refractivity (Wildman–Crippen MR) is 78.2 cm³/mol. The minimum Gasteiger partial charge on any atom is -0.314 e. The molecule has 1 heterocycles. The average molecular weight is 272 g/mol. The molecule has 0 fully saturated rings. The maximum absolute atomic E-state index is 6.32. The molecule has 0 radical (unpaired) electrons. The normalized spacial score (nSPS) is 14.8. The number of likely N-dealkylation sites (N-methyl/N-ethyl adjacent to an activating group) is 1. The van der Waals surface area contributed by atoms with Crippen molar-refractivity contribution in [3.05, 3.63) is 16.4 Å². The fraction of sp³-hybridized carbons (Fsp3) is 0.786. The van der Waals surface area contributed by atoms with E-state index in [0.717, 1.165) is 35.3 Å². The zero-order chi connectivity index (χ0) is 13.7. The lowest BCUT2D eigenvalue weighted by Crippen LogP contribution is -2.33. The third-order valence-electron chi connectivity index (χ3n) is 3.58. The van der Waals surface area contributed by atoms with Gasteiger partial charge in [0.05, 0.1) is 16.4 Å². The number of hydrogen-bond acceptors (Lipinski definition) is 2. The maximum Gasteiger partial charge on any atom is 0.0847 e. The summed E-state index contributed by atoms with van der Waals surface area (Å²) in [7, 11) is 1.97. The van der Waals surface area contributed by atoms with Gasteiger partial charge in [0.1, 0.15) is 0 Å². The molecule has 3 nitrogen and oxygen atoms in total. The van der Waals surface area contributed by atoms with E-state index >= 15 is 0 Å².